The van der Waals surface area contributed by atoms with Crippen LogP contribution in [0.4, 0.5) is 5.82 Å². The molecule has 0 unspecified atom stereocenters. The monoisotopic (exact) mass is 365 g/mol. The third-order valence-electron chi connectivity index (χ3n) is 5.26. The smallest absolute Gasteiger partial charge is 0.242 e. The summed E-state index contributed by atoms with van der Waals surface area (Å²) >= 11 is 0. The third-order valence-corrected chi connectivity index (χ3v) is 5.26. The Morgan fingerprint density at radius 2 is 2.07 bits per heavy atom. The van der Waals surface area contributed by atoms with E-state index in [-0.39, 0.29) is 24.3 Å². The van der Waals surface area contributed by atoms with Gasteiger partial charge in [-0.05, 0) is 18.0 Å². The second kappa shape index (κ2) is 7.32. The zero-order chi connectivity index (χ0) is 18.8. The molecule has 2 atom stereocenters. The lowest BCUT2D eigenvalue weighted by atomic mass is 9.89. The van der Waals surface area contributed by atoms with E-state index < -0.39 is 0 Å². The van der Waals surface area contributed by atoms with Gasteiger partial charge in [0.2, 0.25) is 5.91 Å². The summed E-state index contributed by atoms with van der Waals surface area (Å²) < 4.78 is 0. The van der Waals surface area contributed by atoms with E-state index in [1.165, 1.54) is 11.9 Å². The van der Waals surface area contributed by atoms with Gasteiger partial charge in [0.1, 0.15) is 11.8 Å². The molecule has 27 heavy (non-hydrogen) atoms. The molecule has 3 heterocycles. The van der Waals surface area contributed by atoms with Crippen LogP contribution in [0.15, 0.2) is 43.0 Å². The summed E-state index contributed by atoms with van der Waals surface area (Å²) in [5.41, 5.74) is 8.56. The minimum absolute atomic E-state index is 0.0701. The van der Waals surface area contributed by atoms with Crippen molar-refractivity contribution in [3.63, 3.8) is 0 Å². The summed E-state index contributed by atoms with van der Waals surface area (Å²) in [4.78, 5) is 32.3. The van der Waals surface area contributed by atoms with E-state index in [9.17, 15) is 4.79 Å². The highest BCUT2D eigenvalue weighted by molar-refractivity contribution is 5.87. The lowest BCUT2D eigenvalue weighted by Gasteiger charge is -2.22. The van der Waals surface area contributed by atoms with Gasteiger partial charge in [-0.25, -0.2) is 15.0 Å². The Labute approximate surface area is 157 Å². The van der Waals surface area contributed by atoms with E-state index in [1.807, 2.05) is 35.0 Å². The van der Waals surface area contributed by atoms with Crippen molar-refractivity contribution in [1.82, 2.24) is 24.8 Å². The Hall–Kier alpha value is -3.00. The van der Waals surface area contributed by atoms with Crippen LogP contribution in [-0.4, -0.2) is 64.0 Å². The van der Waals surface area contributed by atoms with Gasteiger partial charge in [0.25, 0.3) is 0 Å². The largest absolute Gasteiger partial charge is 0.348 e. The topological polar surface area (TPSA) is 104 Å². The maximum atomic E-state index is 12.9. The number of H-pyrrole nitrogens is 1. The number of nitrogens with two attached hydrogens (primary N) is 1. The third kappa shape index (κ3) is 3.35. The predicted molar refractivity (Wildman–Crippen MR) is 103 cm³/mol. The van der Waals surface area contributed by atoms with Crippen LogP contribution in [0.5, 0.6) is 0 Å². The second-order valence-corrected chi connectivity index (χ2v) is 6.97. The van der Waals surface area contributed by atoms with Crippen molar-refractivity contribution in [2.75, 3.05) is 38.1 Å². The highest BCUT2D eigenvalue weighted by Crippen LogP contribution is 2.32. The van der Waals surface area contributed by atoms with Crippen molar-refractivity contribution in [2.45, 2.75) is 5.92 Å². The summed E-state index contributed by atoms with van der Waals surface area (Å²) in [7, 11) is 1.85. The van der Waals surface area contributed by atoms with Crippen molar-refractivity contribution >= 4 is 22.9 Å². The molecule has 8 heteroatoms. The summed E-state index contributed by atoms with van der Waals surface area (Å²) in [6.07, 6.45) is 3.04. The maximum Gasteiger partial charge on any atom is 0.242 e. The number of amides is 1. The van der Waals surface area contributed by atoms with Crippen molar-refractivity contribution in [2.24, 2.45) is 11.7 Å². The van der Waals surface area contributed by atoms with Crippen LogP contribution in [-0.2, 0) is 4.79 Å². The lowest BCUT2D eigenvalue weighted by Crippen LogP contribution is -2.38. The number of hydrogen-bond donors (Lipinski definition) is 2. The van der Waals surface area contributed by atoms with Gasteiger partial charge in [-0.3, -0.25) is 4.79 Å². The molecule has 0 spiro atoms. The summed E-state index contributed by atoms with van der Waals surface area (Å²) in [6.45, 7) is 2.19. The fraction of sp³-hybridized carbons (Fsp3) is 0.368. The van der Waals surface area contributed by atoms with Gasteiger partial charge in [0, 0.05) is 26.1 Å². The van der Waals surface area contributed by atoms with E-state index in [0.717, 1.165) is 5.52 Å². The molecule has 0 bridgehead atoms. The average Bonchev–Trinajstić information content (AvgIpc) is 3.35. The van der Waals surface area contributed by atoms with Gasteiger partial charge in [-0.1, -0.05) is 30.3 Å². The van der Waals surface area contributed by atoms with Crippen LogP contribution in [0.2, 0.25) is 0 Å². The number of aromatic nitrogens is 4. The number of likely N-dealkylation sites (N-methyl/N-ethyl adjacent to an activating group) is 1. The van der Waals surface area contributed by atoms with Crippen molar-refractivity contribution in [1.29, 1.82) is 0 Å². The first-order valence-electron chi connectivity index (χ1n) is 9.05. The molecule has 2 aromatic heterocycles. The number of hydrogen-bond acceptors (Lipinski definition) is 6. The van der Waals surface area contributed by atoms with E-state index in [2.05, 4.69) is 32.1 Å². The van der Waals surface area contributed by atoms with E-state index in [0.29, 0.717) is 31.1 Å². The first kappa shape index (κ1) is 17.4. The molecule has 1 aliphatic heterocycles. The molecule has 3 aromatic rings. The van der Waals surface area contributed by atoms with Crippen LogP contribution in [0.1, 0.15) is 11.5 Å². The number of carbonyl (C=O) groups is 1. The first-order chi connectivity index (χ1) is 13.2. The van der Waals surface area contributed by atoms with Crippen molar-refractivity contribution in [3.05, 3.63) is 48.5 Å². The highest BCUT2D eigenvalue weighted by atomic mass is 16.2. The maximum absolute atomic E-state index is 12.9. The van der Waals surface area contributed by atoms with Crippen LogP contribution in [0, 0.1) is 5.92 Å². The standard InChI is InChI=1S/C19H23N7O/c1-25(19-17-18(22-11-21-17)23-12-24-19)10-16(27)26-8-14(7-20)15(9-26)13-5-3-2-4-6-13/h2-6,11-12,14-15H,7-10,20H2,1H3,(H,21,22,23,24)/t14-,15+/m1/s1. The molecule has 1 aromatic carbocycles. The number of rotatable bonds is 5. The number of benzene rings is 1. The molecule has 1 fully saturated rings. The lowest BCUT2D eigenvalue weighted by molar-refractivity contribution is -0.128. The number of fused-ring (bicyclic) bond motifs is 1. The van der Waals surface area contributed by atoms with Crippen LogP contribution >= 0.6 is 0 Å². The Kier molecular flexibility index (Phi) is 4.72. The fourth-order valence-electron chi connectivity index (χ4n) is 3.81. The molecule has 0 aliphatic carbocycles. The molecule has 3 N–H and O–H groups in total. The zero-order valence-corrected chi connectivity index (χ0v) is 15.2. The molecule has 0 saturated carbocycles. The molecule has 1 saturated heterocycles. The Morgan fingerprint density at radius 1 is 1.26 bits per heavy atom. The summed E-state index contributed by atoms with van der Waals surface area (Å²) in [6, 6.07) is 10.3. The number of nitrogens with one attached hydrogen (secondary N) is 1. The van der Waals surface area contributed by atoms with Crippen LogP contribution < -0.4 is 10.6 Å². The van der Waals surface area contributed by atoms with Crippen molar-refractivity contribution in [3.8, 4) is 0 Å². The van der Waals surface area contributed by atoms with Gasteiger partial charge in [0.15, 0.2) is 11.5 Å². The quantitative estimate of drug-likeness (QED) is 0.699. The number of aromatic amines is 1. The molecular weight excluding hydrogens is 342 g/mol. The molecule has 4 rings (SSSR count). The number of nitrogens with zero attached hydrogens (tertiary/aromatic N) is 5. The Balaban J connectivity index is 1.47. The average molecular weight is 365 g/mol. The van der Waals surface area contributed by atoms with Gasteiger partial charge >= 0.3 is 0 Å². The van der Waals surface area contributed by atoms with Gasteiger partial charge in [-0.2, -0.15) is 0 Å². The molecule has 140 valence electrons. The van der Waals surface area contributed by atoms with E-state index in [1.54, 1.807) is 6.33 Å². The number of likely N-dealkylation sites (tertiary alicyclic amines) is 1. The molecule has 0 radical (unpaired) electrons. The summed E-state index contributed by atoms with van der Waals surface area (Å²) in [5, 5.41) is 0. The Bertz CT molecular complexity index is 926. The highest BCUT2D eigenvalue weighted by Gasteiger charge is 2.35. The fourth-order valence-corrected chi connectivity index (χ4v) is 3.81. The normalized spacial score (nSPS) is 19.6. The van der Waals surface area contributed by atoms with E-state index in [4.69, 9.17) is 5.73 Å². The van der Waals surface area contributed by atoms with Gasteiger partial charge in [-0.15, -0.1) is 0 Å². The molecule has 1 aliphatic rings. The van der Waals surface area contributed by atoms with Crippen molar-refractivity contribution < 1.29 is 4.79 Å². The number of imidazole rings is 1. The van der Waals surface area contributed by atoms with Crippen LogP contribution in [0.25, 0.3) is 11.2 Å². The summed E-state index contributed by atoms with van der Waals surface area (Å²) in [5.74, 6) is 1.30. The molecular formula is C19H23N7O. The zero-order valence-electron chi connectivity index (χ0n) is 15.2. The van der Waals surface area contributed by atoms with Crippen LogP contribution in [0.3, 0.4) is 0 Å². The Morgan fingerprint density at radius 3 is 2.85 bits per heavy atom. The SMILES string of the molecule is CN(CC(=O)N1C[C@@H](CN)[C@H](c2ccccc2)C1)c1ncnc2nc[nH]c12. The van der Waals surface area contributed by atoms with Gasteiger partial charge < -0.3 is 20.5 Å². The van der Waals surface area contributed by atoms with Gasteiger partial charge in [0.05, 0.1) is 12.9 Å². The molecule has 8 nitrogen and oxygen atoms in total. The molecule has 1 amide bonds. The number of anilines is 1. The predicted octanol–water partition coefficient (Wildman–Crippen LogP) is 0.990. The minimum Gasteiger partial charge on any atom is -0.348 e. The first-order valence-corrected chi connectivity index (χ1v) is 9.05. The minimum atomic E-state index is 0.0701. The number of carbonyl (C=O) groups excluding carboxylic acids is 1. The van der Waals surface area contributed by atoms with E-state index >= 15 is 0 Å². The second-order valence-electron chi connectivity index (χ2n) is 6.97.